The molecular weight excluding hydrogens is 282 g/mol. The Morgan fingerprint density at radius 2 is 2.14 bits per heavy atom. The van der Waals surface area contributed by atoms with Gasteiger partial charge >= 0.3 is 0 Å². The molecule has 21 heavy (non-hydrogen) atoms. The smallest absolute Gasteiger partial charge is 0.220 e. The van der Waals surface area contributed by atoms with E-state index >= 15 is 0 Å². The van der Waals surface area contributed by atoms with Crippen molar-refractivity contribution in [2.75, 3.05) is 19.6 Å². The Balaban J connectivity index is 1.68. The first kappa shape index (κ1) is 16.4. The fraction of sp³-hybridized carbons (Fsp3) is 0.750. The van der Waals surface area contributed by atoms with Gasteiger partial charge in [0.15, 0.2) is 0 Å². The second-order valence-electron chi connectivity index (χ2n) is 6.11. The van der Waals surface area contributed by atoms with Gasteiger partial charge in [-0.05, 0) is 51.6 Å². The summed E-state index contributed by atoms with van der Waals surface area (Å²) in [6.45, 7) is 9.20. The molecule has 1 aromatic heterocycles. The van der Waals surface area contributed by atoms with Crippen molar-refractivity contribution in [3.8, 4) is 0 Å². The number of aromatic nitrogens is 1. The highest BCUT2D eigenvalue weighted by atomic mass is 32.1. The van der Waals surface area contributed by atoms with Crippen molar-refractivity contribution >= 4 is 17.2 Å². The van der Waals surface area contributed by atoms with E-state index in [-0.39, 0.29) is 5.91 Å². The highest BCUT2D eigenvalue weighted by molar-refractivity contribution is 7.11. The molecule has 0 radical (unpaired) electrons. The molecule has 0 aromatic carbocycles. The van der Waals surface area contributed by atoms with Crippen molar-refractivity contribution in [1.82, 2.24) is 15.6 Å². The van der Waals surface area contributed by atoms with Crippen LogP contribution >= 0.6 is 11.3 Å². The molecule has 2 N–H and O–H groups in total. The summed E-state index contributed by atoms with van der Waals surface area (Å²) in [7, 11) is 0. The molecule has 1 aromatic rings. The molecule has 1 saturated heterocycles. The molecule has 4 nitrogen and oxygen atoms in total. The van der Waals surface area contributed by atoms with Crippen LogP contribution in [0.25, 0.3) is 0 Å². The summed E-state index contributed by atoms with van der Waals surface area (Å²) >= 11 is 1.73. The Labute approximate surface area is 131 Å². The molecule has 1 fully saturated rings. The average Bonchev–Trinajstić information content (AvgIpc) is 2.78. The number of nitrogens with one attached hydrogen (secondary N) is 2. The fourth-order valence-corrected chi connectivity index (χ4v) is 4.00. The summed E-state index contributed by atoms with van der Waals surface area (Å²) in [6, 6.07) is 0. The molecule has 1 aliphatic heterocycles. The topological polar surface area (TPSA) is 54.0 Å². The highest BCUT2D eigenvalue weighted by Crippen LogP contribution is 2.24. The molecule has 1 amide bonds. The van der Waals surface area contributed by atoms with Crippen LogP contribution in [0.3, 0.4) is 0 Å². The number of piperidine rings is 1. The maximum absolute atomic E-state index is 12.0. The van der Waals surface area contributed by atoms with E-state index in [4.69, 9.17) is 0 Å². The lowest BCUT2D eigenvalue weighted by Crippen LogP contribution is -2.34. The Morgan fingerprint density at radius 3 is 2.76 bits per heavy atom. The fourth-order valence-electron chi connectivity index (χ4n) is 3.07. The Morgan fingerprint density at radius 1 is 1.43 bits per heavy atom. The van der Waals surface area contributed by atoms with Gasteiger partial charge in [0, 0.05) is 24.3 Å². The van der Waals surface area contributed by atoms with Gasteiger partial charge < -0.3 is 10.6 Å². The van der Waals surface area contributed by atoms with E-state index in [0.717, 1.165) is 36.8 Å². The van der Waals surface area contributed by atoms with Crippen molar-refractivity contribution in [1.29, 1.82) is 0 Å². The van der Waals surface area contributed by atoms with E-state index in [1.165, 1.54) is 17.7 Å². The lowest BCUT2D eigenvalue weighted by atomic mass is 9.84. The van der Waals surface area contributed by atoms with Crippen LogP contribution < -0.4 is 10.6 Å². The third-order valence-corrected chi connectivity index (χ3v) is 5.50. The molecular formula is C16H27N3OS. The van der Waals surface area contributed by atoms with Gasteiger partial charge in [-0.25, -0.2) is 4.98 Å². The van der Waals surface area contributed by atoms with Gasteiger partial charge in [-0.3, -0.25) is 4.79 Å². The normalized spacial score (nSPS) is 17.7. The molecule has 118 valence electrons. The molecule has 5 heteroatoms. The van der Waals surface area contributed by atoms with E-state index < -0.39 is 0 Å². The van der Waals surface area contributed by atoms with Crippen molar-refractivity contribution in [3.63, 3.8) is 0 Å². The summed E-state index contributed by atoms with van der Waals surface area (Å²) in [5, 5.41) is 7.54. The highest BCUT2D eigenvalue weighted by Gasteiger charge is 2.21. The van der Waals surface area contributed by atoms with Gasteiger partial charge in [0.1, 0.15) is 0 Å². The summed E-state index contributed by atoms with van der Waals surface area (Å²) in [5.41, 5.74) is 1.11. The lowest BCUT2D eigenvalue weighted by molar-refractivity contribution is -0.122. The van der Waals surface area contributed by atoms with Crippen molar-refractivity contribution in [2.24, 2.45) is 11.8 Å². The Kier molecular flexibility index (Phi) is 6.18. The SMILES string of the molecule is Cc1nc(C)c(CCNC(=O)CC(C)C2CCNCC2)s1. The zero-order chi connectivity index (χ0) is 15.2. The van der Waals surface area contributed by atoms with Gasteiger partial charge in [-0.2, -0.15) is 0 Å². The average molecular weight is 309 g/mol. The number of aryl methyl sites for hydroxylation is 2. The number of carbonyl (C=O) groups is 1. The van der Waals surface area contributed by atoms with Crippen LogP contribution in [0.15, 0.2) is 0 Å². The minimum absolute atomic E-state index is 0.194. The number of carbonyl (C=O) groups excluding carboxylic acids is 1. The van der Waals surface area contributed by atoms with Gasteiger partial charge in [-0.1, -0.05) is 6.92 Å². The van der Waals surface area contributed by atoms with Crippen molar-refractivity contribution in [3.05, 3.63) is 15.6 Å². The van der Waals surface area contributed by atoms with Crippen LogP contribution in [-0.4, -0.2) is 30.5 Å². The molecule has 2 heterocycles. The molecule has 0 saturated carbocycles. The lowest BCUT2D eigenvalue weighted by Gasteiger charge is -2.27. The predicted octanol–water partition coefficient (Wildman–Crippen LogP) is 2.44. The first-order chi connectivity index (χ1) is 10.1. The summed E-state index contributed by atoms with van der Waals surface area (Å²) in [6.07, 6.45) is 3.96. The van der Waals surface area contributed by atoms with Gasteiger partial charge in [0.05, 0.1) is 10.7 Å². The van der Waals surface area contributed by atoms with Gasteiger partial charge in [-0.15, -0.1) is 11.3 Å². The maximum atomic E-state index is 12.0. The number of thiazole rings is 1. The maximum Gasteiger partial charge on any atom is 0.220 e. The second-order valence-corrected chi connectivity index (χ2v) is 7.40. The number of amides is 1. The standard InChI is InChI=1S/C16H27N3OS/c1-11(14-4-7-17-8-5-14)10-16(20)18-9-6-15-12(2)19-13(3)21-15/h11,14,17H,4-10H2,1-3H3,(H,18,20). The van der Waals surface area contributed by atoms with E-state index in [1.807, 2.05) is 13.8 Å². The third kappa shape index (κ3) is 5.08. The first-order valence-corrected chi connectivity index (χ1v) is 8.78. The molecule has 2 rings (SSSR count). The monoisotopic (exact) mass is 309 g/mol. The van der Waals surface area contributed by atoms with Gasteiger partial charge in [0.25, 0.3) is 0 Å². The quantitative estimate of drug-likeness (QED) is 0.848. The molecule has 1 aliphatic rings. The Bertz CT molecular complexity index is 466. The zero-order valence-electron chi connectivity index (χ0n) is 13.4. The molecule has 1 atom stereocenters. The number of rotatable bonds is 6. The molecule has 0 spiro atoms. The van der Waals surface area contributed by atoms with Crippen molar-refractivity contribution in [2.45, 2.75) is 46.5 Å². The van der Waals surface area contributed by atoms with Crippen LogP contribution in [0.2, 0.25) is 0 Å². The minimum Gasteiger partial charge on any atom is -0.356 e. The number of nitrogens with zero attached hydrogens (tertiary/aromatic N) is 1. The first-order valence-electron chi connectivity index (χ1n) is 7.96. The van der Waals surface area contributed by atoms with E-state index in [1.54, 1.807) is 11.3 Å². The minimum atomic E-state index is 0.194. The summed E-state index contributed by atoms with van der Waals surface area (Å²) < 4.78 is 0. The second kappa shape index (κ2) is 7.90. The number of hydrogen-bond acceptors (Lipinski definition) is 4. The van der Waals surface area contributed by atoms with Crippen LogP contribution in [-0.2, 0) is 11.2 Å². The zero-order valence-corrected chi connectivity index (χ0v) is 14.2. The van der Waals surface area contributed by atoms with Crippen molar-refractivity contribution < 1.29 is 4.79 Å². The predicted molar refractivity (Wildman–Crippen MR) is 87.7 cm³/mol. The van der Waals surface area contributed by atoms with Crippen LogP contribution in [0.1, 0.15) is 41.8 Å². The number of hydrogen-bond donors (Lipinski definition) is 2. The summed E-state index contributed by atoms with van der Waals surface area (Å²) in [5.74, 6) is 1.38. The van der Waals surface area contributed by atoms with Crippen LogP contribution in [0, 0.1) is 25.7 Å². The summed E-state index contributed by atoms with van der Waals surface area (Å²) in [4.78, 5) is 17.7. The molecule has 1 unspecified atom stereocenters. The van der Waals surface area contributed by atoms with E-state index in [0.29, 0.717) is 18.3 Å². The van der Waals surface area contributed by atoms with E-state index in [2.05, 4.69) is 22.5 Å². The van der Waals surface area contributed by atoms with E-state index in [9.17, 15) is 4.79 Å². The molecule has 0 aliphatic carbocycles. The largest absolute Gasteiger partial charge is 0.356 e. The molecule has 0 bridgehead atoms. The van der Waals surface area contributed by atoms with Gasteiger partial charge in [0.2, 0.25) is 5.91 Å². The Hall–Kier alpha value is -0.940. The van der Waals surface area contributed by atoms with Crippen LogP contribution in [0.4, 0.5) is 0 Å². The van der Waals surface area contributed by atoms with Crippen LogP contribution in [0.5, 0.6) is 0 Å². The third-order valence-electron chi connectivity index (χ3n) is 4.37.